The van der Waals surface area contributed by atoms with E-state index in [2.05, 4.69) is 41.5 Å². The molecular formula is C82H160O17P2. The molecule has 0 radical (unpaired) electrons. The quantitative estimate of drug-likeness (QED) is 0.0222. The van der Waals surface area contributed by atoms with Crippen LogP contribution in [-0.2, 0) is 65.4 Å². The van der Waals surface area contributed by atoms with Gasteiger partial charge in [-0.05, 0) is 37.5 Å². The minimum Gasteiger partial charge on any atom is -0.462 e. The molecule has 5 atom stereocenters. The zero-order chi connectivity index (χ0) is 74.2. The monoisotopic (exact) mass is 1480 g/mol. The Morgan fingerprint density at radius 1 is 0.267 bits per heavy atom. The molecule has 19 heteroatoms. The van der Waals surface area contributed by atoms with Gasteiger partial charge in [-0.2, -0.15) is 0 Å². The Kier molecular flexibility index (Phi) is 72.2. The fourth-order valence-corrected chi connectivity index (χ4v) is 14.3. The Bertz CT molecular complexity index is 1940. The van der Waals surface area contributed by atoms with Crippen molar-refractivity contribution in [3.05, 3.63) is 0 Å². The van der Waals surface area contributed by atoms with Crippen LogP contribution in [0.1, 0.15) is 433 Å². The number of esters is 4. The minimum absolute atomic E-state index is 0.107. The van der Waals surface area contributed by atoms with Gasteiger partial charge in [0, 0.05) is 25.7 Å². The first-order chi connectivity index (χ1) is 48.9. The molecule has 0 aliphatic rings. The van der Waals surface area contributed by atoms with Crippen LogP contribution in [-0.4, -0.2) is 96.7 Å². The zero-order valence-electron chi connectivity index (χ0n) is 66.2. The van der Waals surface area contributed by atoms with Gasteiger partial charge in [0.25, 0.3) is 0 Å². The number of unbranched alkanes of at least 4 members (excludes halogenated alkanes) is 51. The molecule has 0 rings (SSSR count). The first-order valence-corrected chi connectivity index (χ1v) is 45.5. The third-order valence-electron chi connectivity index (χ3n) is 19.2. The molecular weight excluding hydrogens is 1320 g/mol. The van der Waals surface area contributed by atoms with Crippen molar-refractivity contribution in [1.29, 1.82) is 0 Å². The van der Waals surface area contributed by atoms with Crippen molar-refractivity contribution >= 4 is 39.5 Å². The van der Waals surface area contributed by atoms with E-state index >= 15 is 0 Å². The van der Waals surface area contributed by atoms with E-state index in [0.29, 0.717) is 25.7 Å². The molecule has 101 heavy (non-hydrogen) atoms. The van der Waals surface area contributed by atoms with Crippen LogP contribution in [0.5, 0.6) is 0 Å². The molecule has 0 aromatic rings. The number of phosphoric ester groups is 2. The predicted octanol–water partition coefficient (Wildman–Crippen LogP) is 24.7. The molecule has 0 fully saturated rings. The third kappa shape index (κ3) is 76.1. The number of rotatable bonds is 81. The number of ether oxygens (including phenoxy) is 4. The second kappa shape index (κ2) is 73.6. The Labute approximate surface area is 619 Å². The summed E-state index contributed by atoms with van der Waals surface area (Å²) in [6.45, 7) is 9.62. The van der Waals surface area contributed by atoms with Gasteiger partial charge in [0.1, 0.15) is 19.3 Å². The molecule has 17 nitrogen and oxygen atoms in total. The van der Waals surface area contributed by atoms with E-state index in [-0.39, 0.29) is 25.7 Å². The highest BCUT2D eigenvalue weighted by Crippen LogP contribution is 2.45. The van der Waals surface area contributed by atoms with Gasteiger partial charge in [-0.3, -0.25) is 37.3 Å². The highest BCUT2D eigenvalue weighted by Gasteiger charge is 2.30. The van der Waals surface area contributed by atoms with Crippen LogP contribution in [0.4, 0.5) is 0 Å². The van der Waals surface area contributed by atoms with Crippen LogP contribution in [0.15, 0.2) is 0 Å². The topological polar surface area (TPSA) is 237 Å². The number of aliphatic hydroxyl groups is 1. The van der Waals surface area contributed by atoms with E-state index in [1.165, 1.54) is 244 Å². The number of hydrogen-bond acceptors (Lipinski definition) is 15. The fraction of sp³-hybridized carbons (Fsp3) is 0.951. The number of hydrogen-bond donors (Lipinski definition) is 3. The Morgan fingerprint density at radius 3 is 0.673 bits per heavy atom. The SMILES string of the molecule is CCCCCCCCCCCCCCCCC(=O)O[C@H](COC(=O)CCCCCCC)COP(=O)(O)OC[C@H](O)COP(=O)(O)OC[C@@H](COC(=O)CCCCCCCCCCCCCCCCCCCCC(C)C)OC(=O)CCCCCCCCCCCCCCCCCCCCC(C)C. The molecule has 0 heterocycles. The molecule has 0 aromatic heterocycles. The molecule has 0 saturated carbocycles. The van der Waals surface area contributed by atoms with E-state index in [9.17, 15) is 43.2 Å². The molecule has 0 saturated heterocycles. The highest BCUT2D eigenvalue weighted by atomic mass is 31.2. The molecule has 600 valence electrons. The predicted molar refractivity (Wildman–Crippen MR) is 414 cm³/mol. The smallest absolute Gasteiger partial charge is 0.462 e. The van der Waals surface area contributed by atoms with Crippen LogP contribution in [0.2, 0.25) is 0 Å². The summed E-state index contributed by atoms with van der Waals surface area (Å²) in [5.74, 6) is -0.475. The fourth-order valence-electron chi connectivity index (χ4n) is 12.7. The van der Waals surface area contributed by atoms with Crippen molar-refractivity contribution in [2.75, 3.05) is 39.6 Å². The van der Waals surface area contributed by atoms with Crippen LogP contribution >= 0.6 is 15.6 Å². The van der Waals surface area contributed by atoms with Gasteiger partial charge >= 0.3 is 39.5 Å². The van der Waals surface area contributed by atoms with Crippen molar-refractivity contribution in [2.24, 2.45) is 11.8 Å². The van der Waals surface area contributed by atoms with E-state index in [4.69, 9.17) is 37.0 Å². The number of carbonyl (C=O) groups is 4. The first kappa shape index (κ1) is 99.1. The maximum atomic E-state index is 13.1. The van der Waals surface area contributed by atoms with Gasteiger partial charge in [0.05, 0.1) is 26.4 Å². The number of carbonyl (C=O) groups excluding carboxylic acids is 4. The van der Waals surface area contributed by atoms with E-state index in [0.717, 1.165) is 108 Å². The maximum Gasteiger partial charge on any atom is 0.472 e. The van der Waals surface area contributed by atoms with Gasteiger partial charge in [-0.1, -0.05) is 382 Å². The van der Waals surface area contributed by atoms with Crippen LogP contribution in [0, 0.1) is 11.8 Å². The molecule has 0 bridgehead atoms. The summed E-state index contributed by atoms with van der Waals surface area (Å²) in [7, 11) is -9.91. The molecule has 0 aromatic carbocycles. The summed E-state index contributed by atoms with van der Waals surface area (Å²) in [4.78, 5) is 72.7. The highest BCUT2D eigenvalue weighted by molar-refractivity contribution is 7.47. The summed E-state index contributed by atoms with van der Waals surface area (Å²) >= 11 is 0. The van der Waals surface area contributed by atoms with Crippen LogP contribution < -0.4 is 0 Å². The van der Waals surface area contributed by atoms with Gasteiger partial charge < -0.3 is 33.8 Å². The zero-order valence-corrected chi connectivity index (χ0v) is 68.0. The molecule has 0 aliphatic carbocycles. The van der Waals surface area contributed by atoms with Crippen LogP contribution in [0.25, 0.3) is 0 Å². The Balaban J connectivity index is 5.11. The lowest BCUT2D eigenvalue weighted by molar-refractivity contribution is -0.161. The van der Waals surface area contributed by atoms with E-state index in [1.54, 1.807) is 0 Å². The minimum atomic E-state index is -4.96. The standard InChI is InChI=1S/C82H160O17P2/c1-7-9-11-13-14-15-16-17-32-38-43-48-54-60-66-81(86)98-77(70-92-79(84)64-58-50-12-10-8-2)72-96-100(88,89)94-68-76(83)69-95-101(90,91)97-73-78(99-82(87)67-61-55-49-44-39-34-29-25-21-19-23-27-31-36-41-46-52-57-63-75(5)6)71-93-80(85)65-59-53-47-42-37-33-28-24-20-18-22-26-30-35-40-45-51-56-62-74(3)4/h74-78,83H,7-73H2,1-6H3,(H,88,89)(H,90,91)/t76-,77+,78+/m0/s1. The van der Waals surface area contributed by atoms with Gasteiger partial charge in [0.2, 0.25) is 0 Å². The number of aliphatic hydroxyl groups excluding tert-OH is 1. The summed E-state index contributed by atoms with van der Waals surface area (Å²) in [5, 5.41) is 10.6. The summed E-state index contributed by atoms with van der Waals surface area (Å²) < 4.78 is 68.5. The van der Waals surface area contributed by atoms with Crippen molar-refractivity contribution in [3.8, 4) is 0 Å². The first-order valence-electron chi connectivity index (χ1n) is 42.5. The normalized spacial score (nSPS) is 13.9. The van der Waals surface area contributed by atoms with Gasteiger partial charge in [-0.15, -0.1) is 0 Å². The van der Waals surface area contributed by atoms with E-state index in [1.807, 2.05) is 0 Å². The summed E-state index contributed by atoms with van der Waals surface area (Å²) in [6, 6.07) is 0. The molecule has 0 spiro atoms. The Morgan fingerprint density at radius 2 is 0.455 bits per heavy atom. The lowest BCUT2D eigenvalue weighted by Crippen LogP contribution is -2.30. The van der Waals surface area contributed by atoms with E-state index < -0.39 is 97.5 Å². The van der Waals surface area contributed by atoms with Crippen molar-refractivity contribution in [2.45, 2.75) is 452 Å². The van der Waals surface area contributed by atoms with Crippen LogP contribution in [0.3, 0.4) is 0 Å². The number of phosphoric acid groups is 2. The van der Waals surface area contributed by atoms with Crippen molar-refractivity contribution in [3.63, 3.8) is 0 Å². The summed E-state index contributed by atoms with van der Waals surface area (Å²) in [5.41, 5.74) is 0. The average molecular weight is 1480 g/mol. The lowest BCUT2D eigenvalue weighted by Gasteiger charge is -2.21. The van der Waals surface area contributed by atoms with Gasteiger partial charge in [0.15, 0.2) is 12.2 Å². The molecule has 3 N–H and O–H groups in total. The average Bonchev–Trinajstić information content (AvgIpc) is 0.936. The Hall–Kier alpha value is -1.94. The molecule has 0 amide bonds. The third-order valence-corrected chi connectivity index (χ3v) is 21.1. The maximum absolute atomic E-state index is 13.1. The van der Waals surface area contributed by atoms with Crippen molar-refractivity contribution < 1.29 is 80.2 Å². The largest absolute Gasteiger partial charge is 0.472 e. The van der Waals surface area contributed by atoms with Gasteiger partial charge in [-0.25, -0.2) is 9.13 Å². The second-order valence-corrected chi connectivity index (χ2v) is 33.4. The van der Waals surface area contributed by atoms with Crippen molar-refractivity contribution in [1.82, 2.24) is 0 Å². The second-order valence-electron chi connectivity index (χ2n) is 30.5. The molecule has 0 aliphatic heterocycles. The molecule has 2 unspecified atom stereocenters. The summed E-state index contributed by atoms with van der Waals surface area (Å²) in [6.07, 6.45) is 64.4. The lowest BCUT2D eigenvalue weighted by atomic mass is 10.0.